The molecule has 0 unspecified atom stereocenters. The summed E-state index contributed by atoms with van der Waals surface area (Å²) in [6, 6.07) is -1.26. The van der Waals surface area contributed by atoms with E-state index in [1.54, 1.807) is 6.08 Å². The van der Waals surface area contributed by atoms with E-state index in [2.05, 4.69) is 17.2 Å². The second kappa shape index (κ2) is 5.25. The number of nitrogens with one attached hydrogen (secondary N) is 2. The molecule has 2 rings (SSSR count). The van der Waals surface area contributed by atoms with Crippen LogP contribution in [0.25, 0.3) is 0 Å². The number of carboxylic acid groups (broad SMARTS) is 1. The van der Waals surface area contributed by atoms with Gasteiger partial charge in [0.1, 0.15) is 17.5 Å². The van der Waals surface area contributed by atoms with Gasteiger partial charge in [-0.3, -0.25) is 4.79 Å². The molecule has 3 N–H and O–H groups in total. The summed E-state index contributed by atoms with van der Waals surface area (Å²) in [4.78, 5) is 24.9. The highest BCUT2D eigenvalue weighted by Gasteiger charge is 2.63. The number of rotatable bonds is 4. The average Bonchev–Trinajstić information content (AvgIpc) is 2.62. The van der Waals surface area contributed by atoms with Crippen molar-refractivity contribution in [1.29, 1.82) is 0 Å². The highest BCUT2D eigenvalue weighted by molar-refractivity contribution is 8.01. The SMILES string of the molecule is C=CCNC(=S)N[C@@H]1C(=O)N2[C@@H]1SC(C)(C)[C@@H]2C(=O)O. The van der Waals surface area contributed by atoms with Crippen molar-refractivity contribution in [2.45, 2.75) is 36.1 Å². The predicted molar refractivity (Wildman–Crippen MR) is 81.4 cm³/mol. The number of thiocarbonyl (C=S) groups is 1. The first-order chi connectivity index (χ1) is 9.29. The van der Waals surface area contributed by atoms with Crippen LogP contribution >= 0.6 is 24.0 Å². The molecule has 0 aromatic heterocycles. The Kier molecular flexibility index (Phi) is 3.97. The molecular formula is C12H17N3O3S2. The van der Waals surface area contributed by atoms with Crippen molar-refractivity contribution in [2.24, 2.45) is 0 Å². The fourth-order valence-corrected chi connectivity index (χ4v) is 4.34. The fraction of sp³-hybridized carbons (Fsp3) is 0.583. The van der Waals surface area contributed by atoms with E-state index >= 15 is 0 Å². The Morgan fingerprint density at radius 3 is 2.85 bits per heavy atom. The molecule has 0 aromatic rings. The van der Waals surface area contributed by atoms with Crippen molar-refractivity contribution in [3.63, 3.8) is 0 Å². The van der Waals surface area contributed by atoms with E-state index in [0.29, 0.717) is 11.7 Å². The largest absolute Gasteiger partial charge is 0.480 e. The lowest BCUT2D eigenvalue weighted by Gasteiger charge is -2.44. The second-order valence-electron chi connectivity index (χ2n) is 5.22. The van der Waals surface area contributed by atoms with E-state index in [-0.39, 0.29) is 11.3 Å². The Balaban J connectivity index is 2.05. The molecular weight excluding hydrogens is 298 g/mol. The number of hydrogen-bond donors (Lipinski definition) is 3. The van der Waals surface area contributed by atoms with Gasteiger partial charge >= 0.3 is 5.97 Å². The molecule has 0 spiro atoms. The fourth-order valence-electron chi connectivity index (χ4n) is 2.50. The number of carbonyl (C=O) groups excluding carboxylic acids is 1. The van der Waals surface area contributed by atoms with E-state index in [4.69, 9.17) is 12.2 Å². The Hall–Kier alpha value is -1.28. The first kappa shape index (κ1) is 15.1. The third kappa shape index (κ3) is 2.37. The molecule has 0 aromatic carbocycles. The molecule has 2 fully saturated rings. The van der Waals surface area contributed by atoms with Gasteiger partial charge in [0.2, 0.25) is 5.91 Å². The van der Waals surface area contributed by atoms with Gasteiger partial charge in [-0.2, -0.15) is 0 Å². The molecule has 2 aliphatic rings. The van der Waals surface area contributed by atoms with E-state index in [1.807, 2.05) is 13.8 Å². The molecule has 6 nitrogen and oxygen atoms in total. The van der Waals surface area contributed by atoms with Crippen LogP contribution < -0.4 is 10.6 Å². The number of aliphatic carboxylic acids is 1. The zero-order valence-corrected chi connectivity index (χ0v) is 12.9. The summed E-state index contributed by atoms with van der Waals surface area (Å²) in [5, 5.41) is 15.3. The third-order valence-electron chi connectivity index (χ3n) is 3.37. The number of nitrogens with zero attached hydrogens (tertiary/aromatic N) is 1. The summed E-state index contributed by atoms with van der Waals surface area (Å²) >= 11 is 6.57. The molecule has 2 heterocycles. The van der Waals surface area contributed by atoms with Crippen molar-refractivity contribution in [3.8, 4) is 0 Å². The van der Waals surface area contributed by atoms with Crippen LogP contribution in [-0.2, 0) is 9.59 Å². The van der Waals surface area contributed by atoms with Crippen LogP contribution in [0, 0.1) is 0 Å². The first-order valence-electron chi connectivity index (χ1n) is 6.17. The van der Waals surface area contributed by atoms with Gasteiger partial charge in [-0.05, 0) is 26.1 Å². The number of carboxylic acids is 1. The number of hydrogen-bond acceptors (Lipinski definition) is 4. The Bertz CT molecular complexity index is 481. The summed E-state index contributed by atoms with van der Waals surface area (Å²) in [5.41, 5.74) is 0. The minimum absolute atomic E-state index is 0.193. The molecule has 2 aliphatic heterocycles. The highest BCUT2D eigenvalue weighted by Crippen LogP contribution is 2.50. The van der Waals surface area contributed by atoms with Crippen LogP contribution in [0.5, 0.6) is 0 Å². The second-order valence-corrected chi connectivity index (χ2v) is 7.40. The molecule has 110 valence electrons. The van der Waals surface area contributed by atoms with Gasteiger partial charge in [-0.25, -0.2) is 4.79 Å². The standard InChI is InChI=1S/C12H17N3O3S2/c1-4-5-13-11(19)14-6-8(16)15-7(10(17)18)12(2,3)20-9(6)15/h4,6-7,9H,1,5H2,2-3H3,(H,17,18)(H2,13,14,19)/t6-,7+,9-/m1/s1. The molecule has 0 radical (unpaired) electrons. The lowest BCUT2D eigenvalue weighted by atomic mass is 9.96. The van der Waals surface area contributed by atoms with Crippen molar-refractivity contribution in [2.75, 3.05) is 6.54 Å². The summed E-state index contributed by atoms with van der Waals surface area (Å²) < 4.78 is -0.515. The van der Waals surface area contributed by atoms with Crippen LogP contribution in [0.2, 0.25) is 0 Å². The van der Waals surface area contributed by atoms with E-state index in [1.165, 1.54) is 16.7 Å². The maximum absolute atomic E-state index is 12.1. The van der Waals surface area contributed by atoms with Crippen LogP contribution in [0.4, 0.5) is 0 Å². The molecule has 20 heavy (non-hydrogen) atoms. The number of carbonyl (C=O) groups is 2. The maximum Gasteiger partial charge on any atom is 0.327 e. The van der Waals surface area contributed by atoms with Gasteiger partial charge in [0.25, 0.3) is 0 Å². The van der Waals surface area contributed by atoms with Gasteiger partial charge in [-0.1, -0.05) is 6.08 Å². The maximum atomic E-state index is 12.1. The van der Waals surface area contributed by atoms with E-state index < -0.39 is 22.8 Å². The van der Waals surface area contributed by atoms with E-state index in [9.17, 15) is 14.7 Å². The van der Waals surface area contributed by atoms with Crippen LogP contribution in [0.15, 0.2) is 12.7 Å². The van der Waals surface area contributed by atoms with Crippen molar-refractivity contribution in [3.05, 3.63) is 12.7 Å². The van der Waals surface area contributed by atoms with E-state index in [0.717, 1.165) is 0 Å². The molecule has 3 atom stereocenters. The summed E-state index contributed by atoms with van der Waals surface area (Å²) in [6.45, 7) is 7.76. The highest BCUT2D eigenvalue weighted by atomic mass is 32.2. The lowest BCUT2D eigenvalue weighted by Crippen LogP contribution is -2.71. The summed E-state index contributed by atoms with van der Waals surface area (Å²) in [7, 11) is 0. The van der Waals surface area contributed by atoms with Crippen molar-refractivity contribution >= 4 is 41.0 Å². The normalized spacial score (nSPS) is 30.2. The number of amides is 1. The van der Waals surface area contributed by atoms with Crippen LogP contribution in [-0.4, -0.2) is 55.7 Å². The van der Waals surface area contributed by atoms with Crippen LogP contribution in [0.3, 0.4) is 0 Å². The lowest BCUT2D eigenvalue weighted by molar-refractivity contribution is -0.159. The van der Waals surface area contributed by atoms with Crippen molar-refractivity contribution in [1.82, 2.24) is 15.5 Å². The van der Waals surface area contributed by atoms with Crippen LogP contribution in [0.1, 0.15) is 13.8 Å². The quantitative estimate of drug-likeness (QED) is 0.387. The molecule has 8 heteroatoms. The van der Waals surface area contributed by atoms with Crippen molar-refractivity contribution < 1.29 is 14.7 Å². The summed E-state index contributed by atoms with van der Waals surface area (Å²) in [6.07, 6.45) is 1.66. The molecule has 0 bridgehead atoms. The molecule has 2 saturated heterocycles. The summed E-state index contributed by atoms with van der Waals surface area (Å²) in [5.74, 6) is -1.19. The van der Waals surface area contributed by atoms with Gasteiger partial charge in [0.05, 0.1) is 0 Å². The minimum atomic E-state index is -0.968. The monoisotopic (exact) mass is 315 g/mol. The predicted octanol–water partition coefficient (Wildman–Crippen LogP) is 0.152. The van der Waals surface area contributed by atoms with Gasteiger partial charge in [-0.15, -0.1) is 18.3 Å². The Morgan fingerprint density at radius 1 is 1.65 bits per heavy atom. The van der Waals surface area contributed by atoms with Gasteiger partial charge in [0, 0.05) is 11.3 Å². The number of thioether (sulfide) groups is 1. The zero-order valence-electron chi connectivity index (χ0n) is 11.3. The molecule has 0 aliphatic carbocycles. The zero-order chi connectivity index (χ0) is 15.1. The number of fused-ring (bicyclic) bond motifs is 1. The minimum Gasteiger partial charge on any atom is -0.480 e. The number of β-lactam (4-membered cyclic amide) rings is 1. The topological polar surface area (TPSA) is 81.7 Å². The Labute approximate surface area is 127 Å². The smallest absolute Gasteiger partial charge is 0.327 e. The van der Waals surface area contributed by atoms with Gasteiger partial charge in [0.15, 0.2) is 5.11 Å². The third-order valence-corrected chi connectivity index (χ3v) is 5.20. The Morgan fingerprint density at radius 2 is 2.30 bits per heavy atom. The molecule has 1 amide bonds. The molecule has 0 saturated carbocycles. The first-order valence-corrected chi connectivity index (χ1v) is 7.46. The van der Waals surface area contributed by atoms with Gasteiger partial charge < -0.3 is 20.6 Å². The average molecular weight is 315 g/mol.